The third kappa shape index (κ3) is 8.75. The standard InChI is InChI=1S/C22H33N3O3S2.ClH/c1-28-18-9-7-16(8-10-18)11-23-21(26)20(25-22(27)19-13-30-15-24-19)14-29-12-17-5-3-2-4-6-17;/h7-10,17,19-20,24H,2-6,11-15H2,1H3,(H,23,26)(H,25,27);1H/t19-,20+;/m1./s1. The summed E-state index contributed by atoms with van der Waals surface area (Å²) >= 11 is 3.49. The van der Waals surface area contributed by atoms with Crippen LogP contribution in [-0.4, -0.2) is 54.1 Å². The van der Waals surface area contributed by atoms with Gasteiger partial charge in [0, 0.05) is 23.9 Å². The number of nitrogens with one attached hydrogen (secondary N) is 3. The minimum absolute atomic E-state index is 0. The van der Waals surface area contributed by atoms with Gasteiger partial charge in [0.2, 0.25) is 11.8 Å². The monoisotopic (exact) mass is 487 g/mol. The van der Waals surface area contributed by atoms with Crippen molar-refractivity contribution in [2.45, 2.75) is 50.7 Å². The van der Waals surface area contributed by atoms with E-state index < -0.39 is 6.04 Å². The van der Waals surface area contributed by atoms with E-state index in [4.69, 9.17) is 4.74 Å². The van der Waals surface area contributed by atoms with Crippen LogP contribution >= 0.6 is 35.9 Å². The number of ether oxygens (including phenoxy) is 1. The van der Waals surface area contributed by atoms with E-state index in [1.165, 1.54) is 32.1 Å². The molecule has 0 bridgehead atoms. The maximum absolute atomic E-state index is 12.9. The van der Waals surface area contributed by atoms with Gasteiger partial charge in [-0.1, -0.05) is 31.4 Å². The Morgan fingerprint density at radius 2 is 1.97 bits per heavy atom. The van der Waals surface area contributed by atoms with Gasteiger partial charge in [0.15, 0.2) is 0 Å². The van der Waals surface area contributed by atoms with Crippen molar-refractivity contribution in [1.29, 1.82) is 0 Å². The molecule has 1 aliphatic carbocycles. The first-order valence-electron chi connectivity index (χ1n) is 10.8. The van der Waals surface area contributed by atoms with E-state index in [0.717, 1.165) is 34.6 Å². The second-order valence-corrected chi connectivity index (χ2v) is 10.0. The molecule has 9 heteroatoms. The van der Waals surface area contributed by atoms with Crippen molar-refractivity contribution in [3.05, 3.63) is 29.8 Å². The minimum atomic E-state index is -0.517. The van der Waals surface area contributed by atoms with Gasteiger partial charge in [0.05, 0.1) is 13.2 Å². The molecule has 1 saturated carbocycles. The lowest BCUT2D eigenvalue weighted by molar-refractivity contribution is -0.129. The Labute approximate surface area is 200 Å². The maximum atomic E-state index is 12.9. The minimum Gasteiger partial charge on any atom is -0.497 e. The average molecular weight is 488 g/mol. The zero-order valence-corrected chi connectivity index (χ0v) is 20.5. The fourth-order valence-corrected chi connectivity index (χ4v) is 6.00. The maximum Gasteiger partial charge on any atom is 0.243 e. The van der Waals surface area contributed by atoms with Gasteiger partial charge in [0.1, 0.15) is 11.8 Å². The van der Waals surface area contributed by atoms with Crippen LogP contribution in [0.5, 0.6) is 5.75 Å². The molecule has 6 nitrogen and oxygen atoms in total. The molecular weight excluding hydrogens is 454 g/mol. The van der Waals surface area contributed by atoms with Crippen molar-refractivity contribution >= 4 is 47.7 Å². The second kappa shape index (κ2) is 14.1. The highest BCUT2D eigenvalue weighted by molar-refractivity contribution is 7.99. The summed E-state index contributed by atoms with van der Waals surface area (Å²) in [6, 6.07) is 6.90. The molecular formula is C22H34ClN3O3S2. The van der Waals surface area contributed by atoms with Gasteiger partial charge < -0.3 is 15.4 Å². The summed E-state index contributed by atoms with van der Waals surface area (Å²) in [6.07, 6.45) is 6.56. The van der Waals surface area contributed by atoms with Crippen LogP contribution in [0.25, 0.3) is 0 Å². The Morgan fingerprint density at radius 3 is 2.61 bits per heavy atom. The van der Waals surface area contributed by atoms with E-state index in [2.05, 4.69) is 16.0 Å². The lowest BCUT2D eigenvalue weighted by Crippen LogP contribution is -2.53. The molecule has 0 spiro atoms. The van der Waals surface area contributed by atoms with Gasteiger partial charge in [-0.25, -0.2) is 0 Å². The lowest BCUT2D eigenvalue weighted by Gasteiger charge is -2.23. The number of methoxy groups -OCH3 is 1. The third-order valence-corrected chi connectivity index (χ3v) is 7.87. The molecule has 1 heterocycles. The van der Waals surface area contributed by atoms with Gasteiger partial charge >= 0.3 is 0 Å². The molecule has 174 valence electrons. The zero-order valence-electron chi connectivity index (χ0n) is 18.1. The number of hydrogen-bond donors (Lipinski definition) is 3. The van der Waals surface area contributed by atoms with E-state index in [0.29, 0.717) is 12.3 Å². The van der Waals surface area contributed by atoms with Crippen molar-refractivity contribution in [2.75, 3.05) is 30.2 Å². The third-order valence-electron chi connectivity index (χ3n) is 5.65. The highest BCUT2D eigenvalue weighted by Crippen LogP contribution is 2.27. The number of benzene rings is 1. The summed E-state index contributed by atoms with van der Waals surface area (Å²) in [7, 11) is 1.63. The summed E-state index contributed by atoms with van der Waals surface area (Å²) in [5, 5.41) is 9.15. The van der Waals surface area contributed by atoms with Crippen molar-refractivity contribution in [3.63, 3.8) is 0 Å². The highest BCUT2D eigenvalue weighted by atomic mass is 35.5. The van der Waals surface area contributed by atoms with Crippen LogP contribution in [0.3, 0.4) is 0 Å². The molecule has 2 atom stereocenters. The predicted molar refractivity (Wildman–Crippen MR) is 132 cm³/mol. The van der Waals surface area contributed by atoms with Gasteiger partial charge in [0.25, 0.3) is 0 Å². The Morgan fingerprint density at radius 1 is 1.23 bits per heavy atom. The molecule has 0 radical (unpaired) electrons. The van der Waals surface area contributed by atoms with Crippen LogP contribution in [0.2, 0.25) is 0 Å². The highest BCUT2D eigenvalue weighted by Gasteiger charge is 2.28. The Kier molecular flexibility index (Phi) is 11.9. The van der Waals surface area contributed by atoms with Crippen LogP contribution in [0.1, 0.15) is 37.7 Å². The number of carbonyl (C=O) groups is 2. The quantitative estimate of drug-likeness (QED) is 0.470. The van der Waals surface area contributed by atoms with Crippen LogP contribution in [-0.2, 0) is 16.1 Å². The fourth-order valence-electron chi connectivity index (χ4n) is 3.78. The Hall–Kier alpha value is -1.09. The summed E-state index contributed by atoms with van der Waals surface area (Å²) in [5.41, 5.74) is 0.998. The van der Waals surface area contributed by atoms with E-state index in [1.807, 2.05) is 24.3 Å². The number of carbonyl (C=O) groups excluding carboxylic acids is 2. The molecule has 0 aromatic heterocycles. The largest absolute Gasteiger partial charge is 0.497 e. The molecule has 31 heavy (non-hydrogen) atoms. The molecule has 2 aliphatic rings. The van der Waals surface area contributed by atoms with Crippen LogP contribution in [0, 0.1) is 5.92 Å². The molecule has 3 rings (SSSR count). The molecule has 3 N–H and O–H groups in total. The smallest absolute Gasteiger partial charge is 0.243 e. The predicted octanol–water partition coefficient (Wildman–Crippen LogP) is 3.19. The van der Waals surface area contributed by atoms with Gasteiger partial charge in [-0.15, -0.1) is 24.2 Å². The zero-order chi connectivity index (χ0) is 21.2. The van der Waals surface area contributed by atoms with Gasteiger partial charge in [-0.2, -0.15) is 11.8 Å². The summed E-state index contributed by atoms with van der Waals surface area (Å²) in [6.45, 7) is 0.431. The SMILES string of the molecule is COc1ccc(CNC(=O)[C@H](CSCC2CCCCC2)NC(=O)[C@H]2CSCN2)cc1.Cl. The first kappa shape index (κ1) is 26.2. The second-order valence-electron chi connectivity index (χ2n) is 7.94. The van der Waals surface area contributed by atoms with Crippen LogP contribution in [0.15, 0.2) is 24.3 Å². The number of halogens is 1. The Balaban J connectivity index is 0.00000341. The first-order chi connectivity index (χ1) is 14.7. The van der Waals surface area contributed by atoms with Crippen molar-refractivity contribution in [2.24, 2.45) is 5.92 Å². The van der Waals surface area contributed by atoms with Crippen molar-refractivity contribution in [1.82, 2.24) is 16.0 Å². The fraction of sp³-hybridized carbons (Fsp3) is 0.636. The number of thioether (sulfide) groups is 2. The van der Waals surface area contributed by atoms with Crippen molar-refractivity contribution in [3.8, 4) is 5.75 Å². The lowest BCUT2D eigenvalue weighted by atomic mass is 9.91. The number of amides is 2. The molecule has 1 aliphatic heterocycles. The molecule has 1 aromatic rings. The Bertz CT molecular complexity index is 681. The first-order valence-corrected chi connectivity index (χ1v) is 13.1. The number of rotatable bonds is 10. The molecule has 0 unspecified atom stereocenters. The molecule has 1 aromatic carbocycles. The molecule has 2 amide bonds. The van der Waals surface area contributed by atoms with Gasteiger partial charge in [-0.3, -0.25) is 14.9 Å². The molecule has 2 fully saturated rings. The summed E-state index contributed by atoms with van der Waals surface area (Å²) < 4.78 is 5.17. The van der Waals surface area contributed by atoms with E-state index in [-0.39, 0.29) is 30.3 Å². The van der Waals surface area contributed by atoms with Crippen LogP contribution < -0.4 is 20.7 Å². The van der Waals surface area contributed by atoms with E-state index in [1.54, 1.807) is 30.6 Å². The average Bonchev–Trinajstić information content (AvgIpc) is 3.33. The number of hydrogen-bond acceptors (Lipinski definition) is 6. The van der Waals surface area contributed by atoms with E-state index >= 15 is 0 Å². The molecule has 1 saturated heterocycles. The topological polar surface area (TPSA) is 79.5 Å². The summed E-state index contributed by atoms with van der Waals surface area (Å²) in [4.78, 5) is 25.5. The van der Waals surface area contributed by atoms with Gasteiger partial charge in [-0.05, 0) is 42.2 Å². The summed E-state index contributed by atoms with van der Waals surface area (Å²) in [5.74, 6) is 4.53. The van der Waals surface area contributed by atoms with E-state index in [9.17, 15) is 9.59 Å². The van der Waals surface area contributed by atoms with Crippen LogP contribution in [0.4, 0.5) is 0 Å². The normalized spacial score (nSPS) is 19.8. The van der Waals surface area contributed by atoms with Crippen molar-refractivity contribution < 1.29 is 14.3 Å².